The lowest BCUT2D eigenvalue weighted by Gasteiger charge is -2.43. The van der Waals surface area contributed by atoms with E-state index < -0.39 is 27.4 Å². The van der Waals surface area contributed by atoms with Crippen molar-refractivity contribution >= 4 is 15.8 Å². The molecule has 0 amide bonds. The smallest absolute Gasteiger partial charge is 0.238 e. The third kappa shape index (κ3) is 4.01. The van der Waals surface area contributed by atoms with Crippen LogP contribution in [0.15, 0.2) is 59.6 Å². The lowest BCUT2D eigenvalue weighted by atomic mass is 9.65. The summed E-state index contributed by atoms with van der Waals surface area (Å²) in [7, 11) is -3.97. The highest BCUT2D eigenvalue weighted by atomic mass is 32.2. The van der Waals surface area contributed by atoms with E-state index in [1.165, 1.54) is 6.07 Å². The maximum atomic E-state index is 14.2. The van der Waals surface area contributed by atoms with E-state index in [0.717, 1.165) is 23.9 Å². The predicted molar refractivity (Wildman–Crippen MR) is 107 cm³/mol. The fourth-order valence-electron chi connectivity index (χ4n) is 3.62. The Kier molecular flexibility index (Phi) is 5.20. The van der Waals surface area contributed by atoms with Gasteiger partial charge in [0.1, 0.15) is 17.8 Å². The molecule has 4 rings (SSSR count). The molecule has 10 heteroatoms. The number of sulfonamides is 1. The molecule has 0 saturated heterocycles. The summed E-state index contributed by atoms with van der Waals surface area (Å²) in [4.78, 5) is 4.15. The Hall–Kier alpha value is -2.98. The summed E-state index contributed by atoms with van der Waals surface area (Å²) in [6, 6.07) is 11.9. The zero-order valence-corrected chi connectivity index (χ0v) is 16.6. The minimum atomic E-state index is -3.97. The number of rotatable bonds is 6. The first kappa shape index (κ1) is 20.3. The van der Waals surface area contributed by atoms with Crippen LogP contribution in [-0.4, -0.2) is 36.3 Å². The molecule has 0 atom stereocenters. The largest absolute Gasteiger partial charge is 0.368 e. The number of pyridine rings is 1. The number of halogens is 2. The molecule has 0 radical (unpaired) electrons. The maximum absolute atomic E-state index is 14.2. The number of hydrogen-bond acceptors (Lipinski definition) is 6. The van der Waals surface area contributed by atoms with Gasteiger partial charge in [0, 0.05) is 29.4 Å². The first-order valence-corrected chi connectivity index (χ1v) is 10.8. The van der Waals surface area contributed by atoms with Crippen molar-refractivity contribution in [3.05, 3.63) is 66.2 Å². The average Bonchev–Trinajstić information content (AvgIpc) is 2.71. The van der Waals surface area contributed by atoms with Crippen LogP contribution in [0.5, 0.6) is 0 Å². The van der Waals surface area contributed by atoms with Crippen LogP contribution in [0.25, 0.3) is 11.3 Å². The Morgan fingerprint density at radius 1 is 1.13 bits per heavy atom. The topological polar surface area (TPSA) is 111 Å². The first-order chi connectivity index (χ1) is 14.3. The lowest BCUT2D eigenvalue weighted by Crippen LogP contribution is -2.48. The fourth-order valence-corrected chi connectivity index (χ4v) is 4.16. The second kappa shape index (κ2) is 7.69. The first-order valence-electron chi connectivity index (χ1n) is 9.23. The number of primary sulfonamides is 1. The molecule has 0 unspecified atom stereocenters. The van der Waals surface area contributed by atoms with E-state index in [9.17, 15) is 17.2 Å². The summed E-state index contributed by atoms with van der Waals surface area (Å²) in [6.45, 7) is 0.424. The van der Waals surface area contributed by atoms with Crippen molar-refractivity contribution in [1.29, 1.82) is 0 Å². The zero-order chi connectivity index (χ0) is 21.4. The molecule has 0 aliphatic heterocycles. The molecule has 156 valence electrons. The van der Waals surface area contributed by atoms with Crippen LogP contribution in [0.1, 0.15) is 18.5 Å². The summed E-state index contributed by atoms with van der Waals surface area (Å²) in [5.74, 6) is -0.214. The number of nitrogens with one attached hydrogen (secondary N) is 1. The van der Waals surface area contributed by atoms with E-state index in [4.69, 9.17) is 5.14 Å². The number of hydrogen-bond donors (Lipinski definition) is 2. The van der Waals surface area contributed by atoms with Crippen molar-refractivity contribution in [2.24, 2.45) is 5.14 Å². The molecule has 3 aromatic rings. The van der Waals surface area contributed by atoms with Gasteiger partial charge in [-0.15, -0.1) is 10.2 Å². The molecule has 0 bridgehead atoms. The van der Waals surface area contributed by atoms with E-state index in [1.807, 2.05) is 18.2 Å². The Balaban J connectivity index is 1.52. The van der Waals surface area contributed by atoms with Gasteiger partial charge in [-0.1, -0.05) is 6.07 Å². The normalized spacial score (nSPS) is 21.1. The zero-order valence-electron chi connectivity index (χ0n) is 15.8. The molecule has 1 fully saturated rings. The Bertz CT molecular complexity index is 1150. The van der Waals surface area contributed by atoms with E-state index >= 15 is 0 Å². The van der Waals surface area contributed by atoms with Crippen LogP contribution in [0, 0.1) is 5.82 Å². The van der Waals surface area contributed by atoms with Gasteiger partial charge in [-0.25, -0.2) is 22.3 Å². The highest BCUT2D eigenvalue weighted by molar-refractivity contribution is 7.89. The Labute approximate surface area is 172 Å². The van der Waals surface area contributed by atoms with Gasteiger partial charge in [-0.2, -0.15) is 0 Å². The number of nitrogens with zero attached hydrogens (tertiary/aromatic N) is 3. The van der Waals surface area contributed by atoms with E-state index in [0.29, 0.717) is 25.2 Å². The number of nitrogens with two attached hydrogens (primary N) is 1. The molecular formula is C20H19F2N5O2S. The molecule has 2 heterocycles. The summed E-state index contributed by atoms with van der Waals surface area (Å²) in [6.07, 6.45) is 1.56. The standard InChI is InChI=1S/C20H19F2N5O2S/c21-13-10-20(11-13,18-3-1-2-8-24-18)12-25-19-7-6-17(26-27-19)15-9-14(30(23,28)29)4-5-16(15)22/h1-9,13H,10-12H2,(H,25,27)(H2,23,28,29). The number of benzene rings is 1. The summed E-state index contributed by atoms with van der Waals surface area (Å²) >= 11 is 0. The van der Waals surface area contributed by atoms with Crippen LogP contribution >= 0.6 is 0 Å². The van der Waals surface area contributed by atoms with Gasteiger partial charge in [0.15, 0.2) is 0 Å². The third-order valence-electron chi connectivity index (χ3n) is 5.25. The quantitative estimate of drug-likeness (QED) is 0.621. The molecule has 1 aromatic carbocycles. The monoisotopic (exact) mass is 431 g/mol. The van der Waals surface area contributed by atoms with Crippen LogP contribution in [0.3, 0.4) is 0 Å². The van der Waals surface area contributed by atoms with Crippen molar-refractivity contribution < 1.29 is 17.2 Å². The third-order valence-corrected chi connectivity index (χ3v) is 6.16. The molecular weight excluding hydrogens is 412 g/mol. The van der Waals surface area contributed by atoms with Crippen LogP contribution in [-0.2, 0) is 15.4 Å². The van der Waals surface area contributed by atoms with Crippen LogP contribution < -0.4 is 10.5 Å². The van der Waals surface area contributed by atoms with Crippen molar-refractivity contribution in [2.75, 3.05) is 11.9 Å². The van der Waals surface area contributed by atoms with E-state index in [1.54, 1.807) is 12.3 Å². The van der Waals surface area contributed by atoms with Gasteiger partial charge in [-0.05, 0) is 55.3 Å². The van der Waals surface area contributed by atoms with Crippen LogP contribution in [0.2, 0.25) is 0 Å². The van der Waals surface area contributed by atoms with Crippen molar-refractivity contribution in [2.45, 2.75) is 29.3 Å². The van der Waals surface area contributed by atoms with Gasteiger partial charge >= 0.3 is 0 Å². The molecule has 30 heavy (non-hydrogen) atoms. The molecule has 2 aromatic heterocycles. The molecule has 1 aliphatic carbocycles. The van der Waals surface area contributed by atoms with Crippen LogP contribution in [0.4, 0.5) is 14.6 Å². The molecule has 1 saturated carbocycles. The predicted octanol–water partition coefficient (Wildman–Crippen LogP) is 2.81. The SMILES string of the molecule is NS(=O)(=O)c1ccc(F)c(-c2ccc(NCC3(c4ccccn4)CC(F)C3)nn2)c1. The summed E-state index contributed by atoms with van der Waals surface area (Å²) in [5.41, 5.74) is 0.537. The maximum Gasteiger partial charge on any atom is 0.238 e. The summed E-state index contributed by atoms with van der Waals surface area (Å²) in [5, 5.41) is 16.3. The number of anilines is 1. The molecule has 0 spiro atoms. The fraction of sp³-hybridized carbons (Fsp3) is 0.250. The lowest BCUT2D eigenvalue weighted by molar-refractivity contribution is 0.0996. The minimum absolute atomic E-state index is 0.0233. The molecule has 1 aliphatic rings. The Morgan fingerprint density at radius 2 is 1.93 bits per heavy atom. The van der Waals surface area contributed by atoms with Gasteiger partial charge in [0.2, 0.25) is 10.0 Å². The number of aromatic nitrogens is 3. The van der Waals surface area contributed by atoms with E-state index in [2.05, 4.69) is 20.5 Å². The van der Waals surface area contributed by atoms with Crippen molar-refractivity contribution in [3.63, 3.8) is 0 Å². The van der Waals surface area contributed by atoms with Gasteiger partial charge < -0.3 is 5.32 Å². The second-order valence-electron chi connectivity index (χ2n) is 7.34. The van der Waals surface area contributed by atoms with E-state index in [-0.39, 0.29) is 16.2 Å². The molecule has 7 nitrogen and oxygen atoms in total. The van der Waals surface area contributed by atoms with Gasteiger partial charge in [-0.3, -0.25) is 4.98 Å². The minimum Gasteiger partial charge on any atom is -0.368 e. The van der Waals surface area contributed by atoms with Crippen molar-refractivity contribution in [1.82, 2.24) is 15.2 Å². The highest BCUT2D eigenvalue weighted by Gasteiger charge is 2.47. The average molecular weight is 431 g/mol. The van der Waals surface area contributed by atoms with Gasteiger partial charge in [0.25, 0.3) is 0 Å². The second-order valence-corrected chi connectivity index (χ2v) is 8.91. The van der Waals surface area contributed by atoms with Crippen molar-refractivity contribution in [3.8, 4) is 11.3 Å². The highest BCUT2D eigenvalue weighted by Crippen LogP contribution is 2.44. The Morgan fingerprint density at radius 3 is 2.53 bits per heavy atom. The number of alkyl halides is 1. The van der Waals surface area contributed by atoms with Gasteiger partial charge in [0.05, 0.1) is 10.6 Å². The summed E-state index contributed by atoms with van der Waals surface area (Å²) < 4.78 is 50.8. The molecule has 3 N–H and O–H groups in total.